The zero-order valence-corrected chi connectivity index (χ0v) is 9.50. The average molecular weight is 222 g/mol. The molecule has 6 heteroatoms. The number of nitrogens with zero attached hydrogens (tertiary/aromatic N) is 2. The summed E-state index contributed by atoms with van der Waals surface area (Å²) >= 11 is 0. The molecule has 6 nitrogen and oxygen atoms in total. The first kappa shape index (κ1) is 10.7. The number of carbonyl (C=O) groups excluding carboxylic acids is 2. The normalized spacial score (nSPS) is 19.8. The van der Waals surface area contributed by atoms with Gasteiger partial charge in [-0.25, -0.2) is 0 Å². The highest BCUT2D eigenvalue weighted by Gasteiger charge is 2.29. The standard InChI is InChI=1S/C10H14N4O2/c1-4-14-8-7(5(2)13-14)12-9(15)6(3)11-10(8)16/h6H,4H2,1-3H3,(H,11,16)(H,12,15)/t6-/m1/s1. The van der Waals surface area contributed by atoms with Crippen LogP contribution in [-0.2, 0) is 11.3 Å². The van der Waals surface area contributed by atoms with Gasteiger partial charge < -0.3 is 10.6 Å². The molecule has 0 radical (unpaired) electrons. The van der Waals surface area contributed by atoms with Crippen LogP contribution in [0.3, 0.4) is 0 Å². The van der Waals surface area contributed by atoms with Crippen molar-refractivity contribution in [3.05, 3.63) is 11.4 Å². The number of anilines is 1. The predicted octanol–water partition coefficient (Wildman–Crippen LogP) is 0.282. The van der Waals surface area contributed by atoms with Gasteiger partial charge in [-0.15, -0.1) is 0 Å². The van der Waals surface area contributed by atoms with Crippen LogP contribution in [0.2, 0.25) is 0 Å². The Bertz CT molecular complexity index is 464. The first-order chi connectivity index (χ1) is 7.54. The van der Waals surface area contributed by atoms with Gasteiger partial charge in [-0.05, 0) is 20.8 Å². The molecule has 0 aliphatic carbocycles. The molecule has 2 rings (SSSR count). The van der Waals surface area contributed by atoms with E-state index in [1.54, 1.807) is 18.5 Å². The summed E-state index contributed by atoms with van der Waals surface area (Å²) in [6.45, 7) is 5.91. The number of hydrogen-bond donors (Lipinski definition) is 2. The first-order valence-corrected chi connectivity index (χ1v) is 5.23. The molecule has 1 aliphatic rings. The minimum Gasteiger partial charge on any atom is -0.339 e. The summed E-state index contributed by atoms with van der Waals surface area (Å²) < 4.78 is 1.60. The maximum Gasteiger partial charge on any atom is 0.272 e. The minimum absolute atomic E-state index is 0.217. The Hall–Kier alpha value is -1.85. The van der Waals surface area contributed by atoms with Crippen LogP contribution in [0.15, 0.2) is 0 Å². The first-order valence-electron chi connectivity index (χ1n) is 5.23. The van der Waals surface area contributed by atoms with Gasteiger partial charge >= 0.3 is 0 Å². The van der Waals surface area contributed by atoms with Crippen molar-refractivity contribution >= 4 is 17.5 Å². The summed E-state index contributed by atoms with van der Waals surface area (Å²) in [5.74, 6) is -0.478. The van der Waals surface area contributed by atoms with Gasteiger partial charge in [0.25, 0.3) is 5.91 Å². The number of hydrogen-bond acceptors (Lipinski definition) is 3. The number of nitrogens with one attached hydrogen (secondary N) is 2. The molecule has 86 valence electrons. The lowest BCUT2D eigenvalue weighted by molar-refractivity contribution is -0.117. The lowest BCUT2D eigenvalue weighted by Crippen LogP contribution is -2.39. The largest absolute Gasteiger partial charge is 0.339 e. The Labute approximate surface area is 93.0 Å². The molecule has 0 bridgehead atoms. The molecule has 1 atom stereocenters. The van der Waals surface area contributed by atoms with Crippen LogP contribution in [0.4, 0.5) is 5.69 Å². The number of fused-ring (bicyclic) bond motifs is 1. The Kier molecular flexibility index (Phi) is 2.41. The second-order valence-corrected chi connectivity index (χ2v) is 3.81. The van der Waals surface area contributed by atoms with Gasteiger partial charge in [0.2, 0.25) is 5.91 Å². The van der Waals surface area contributed by atoms with Crippen molar-refractivity contribution in [2.75, 3.05) is 5.32 Å². The summed E-state index contributed by atoms with van der Waals surface area (Å²) in [6.07, 6.45) is 0. The molecule has 1 aromatic rings. The fourth-order valence-corrected chi connectivity index (χ4v) is 1.75. The molecule has 0 saturated heterocycles. The van der Waals surface area contributed by atoms with Gasteiger partial charge in [-0.2, -0.15) is 5.10 Å². The van der Waals surface area contributed by atoms with E-state index in [4.69, 9.17) is 0 Å². The lowest BCUT2D eigenvalue weighted by atomic mass is 10.3. The average Bonchev–Trinajstić information content (AvgIpc) is 2.49. The highest BCUT2D eigenvalue weighted by atomic mass is 16.2. The molecule has 0 fully saturated rings. The summed E-state index contributed by atoms with van der Waals surface area (Å²) in [7, 11) is 0. The van der Waals surface area contributed by atoms with Crippen LogP contribution < -0.4 is 10.6 Å². The molecule has 2 N–H and O–H groups in total. The van der Waals surface area contributed by atoms with Crippen LogP contribution >= 0.6 is 0 Å². The Morgan fingerprint density at radius 1 is 1.44 bits per heavy atom. The van der Waals surface area contributed by atoms with E-state index in [9.17, 15) is 9.59 Å². The van der Waals surface area contributed by atoms with Crippen molar-refractivity contribution in [2.45, 2.75) is 33.4 Å². The quantitative estimate of drug-likeness (QED) is 0.716. The fourth-order valence-electron chi connectivity index (χ4n) is 1.75. The van der Waals surface area contributed by atoms with Gasteiger partial charge in [0.1, 0.15) is 11.7 Å². The number of amides is 2. The molecular formula is C10H14N4O2. The summed E-state index contributed by atoms with van der Waals surface area (Å²) in [4.78, 5) is 23.5. The van der Waals surface area contributed by atoms with E-state index >= 15 is 0 Å². The van der Waals surface area contributed by atoms with Crippen LogP contribution in [0.25, 0.3) is 0 Å². The minimum atomic E-state index is -0.524. The van der Waals surface area contributed by atoms with Gasteiger partial charge in [0, 0.05) is 6.54 Å². The SMILES string of the molecule is CCn1nc(C)c2c1C(=O)N[C@H](C)C(=O)N2. The molecule has 0 unspecified atom stereocenters. The molecule has 0 saturated carbocycles. The van der Waals surface area contributed by atoms with Crippen LogP contribution in [0.5, 0.6) is 0 Å². The topological polar surface area (TPSA) is 76.0 Å². The second-order valence-electron chi connectivity index (χ2n) is 3.81. The molecular weight excluding hydrogens is 208 g/mol. The lowest BCUT2D eigenvalue weighted by Gasteiger charge is -2.08. The number of aromatic nitrogens is 2. The maximum absolute atomic E-state index is 11.9. The molecule has 2 amide bonds. The maximum atomic E-state index is 11.9. The predicted molar refractivity (Wildman–Crippen MR) is 58.2 cm³/mol. The highest BCUT2D eigenvalue weighted by Crippen LogP contribution is 2.22. The molecule has 1 aliphatic heterocycles. The highest BCUT2D eigenvalue weighted by molar-refractivity contribution is 6.09. The number of aryl methyl sites for hydroxylation is 2. The monoisotopic (exact) mass is 222 g/mol. The number of carbonyl (C=O) groups is 2. The zero-order chi connectivity index (χ0) is 11.9. The van der Waals surface area contributed by atoms with Gasteiger partial charge in [-0.3, -0.25) is 14.3 Å². The molecule has 0 aromatic carbocycles. The van der Waals surface area contributed by atoms with E-state index in [0.29, 0.717) is 23.6 Å². The molecule has 0 spiro atoms. The Morgan fingerprint density at radius 3 is 2.75 bits per heavy atom. The Balaban J connectivity index is 2.56. The van der Waals surface area contributed by atoms with Crippen LogP contribution in [0, 0.1) is 6.92 Å². The molecule has 1 aromatic heterocycles. The summed E-state index contributed by atoms with van der Waals surface area (Å²) in [5, 5.41) is 9.55. The van der Waals surface area contributed by atoms with Crippen molar-refractivity contribution in [2.24, 2.45) is 0 Å². The molecule has 2 heterocycles. The van der Waals surface area contributed by atoms with E-state index < -0.39 is 6.04 Å². The van der Waals surface area contributed by atoms with Crippen LogP contribution in [0.1, 0.15) is 30.0 Å². The van der Waals surface area contributed by atoms with Gasteiger partial charge in [0.05, 0.1) is 11.4 Å². The zero-order valence-electron chi connectivity index (χ0n) is 9.50. The van der Waals surface area contributed by atoms with E-state index in [0.717, 1.165) is 0 Å². The van der Waals surface area contributed by atoms with E-state index in [1.807, 2.05) is 6.92 Å². The summed E-state index contributed by atoms with van der Waals surface area (Å²) in [6, 6.07) is -0.524. The van der Waals surface area contributed by atoms with E-state index in [-0.39, 0.29) is 11.8 Å². The van der Waals surface area contributed by atoms with Crippen molar-refractivity contribution in [3.63, 3.8) is 0 Å². The van der Waals surface area contributed by atoms with E-state index in [2.05, 4.69) is 15.7 Å². The number of rotatable bonds is 1. The van der Waals surface area contributed by atoms with E-state index in [1.165, 1.54) is 0 Å². The van der Waals surface area contributed by atoms with Crippen molar-refractivity contribution in [1.82, 2.24) is 15.1 Å². The van der Waals surface area contributed by atoms with Gasteiger partial charge in [-0.1, -0.05) is 0 Å². The third-order valence-corrected chi connectivity index (χ3v) is 2.63. The third-order valence-electron chi connectivity index (χ3n) is 2.63. The second kappa shape index (κ2) is 3.62. The third kappa shape index (κ3) is 1.46. The van der Waals surface area contributed by atoms with Crippen molar-refractivity contribution in [3.8, 4) is 0 Å². The van der Waals surface area contributed by atoms with Crippen molar-refractivity contribution < 1.29 is 9.59 Å². The van der Waals surface area contributed by atoms with Gasteiger partial charge in [0.15, 0.2) is 0 Å². The van der Waals surface area contributed by atoms with Crippen molar-refractivity contribution in [1.29, 1.82) is 0 Å². The fraction of sp³-hybridized carbons (Fsp3) is 0.500. The summed E-state index contributed by atoms with van der Waals surface area (Å²) in [5.41, 5.74) is 1.61. The molecule has 16 heavy (non-hydrogen) atoms. The Morgan fingerprint density at radius 2 is 2.12 bits per heavy atom. The smallest absolute Gasteiger partial charge is 0.272 e. The van der Waals surface area contributed by atoms with Crippen LogP contribution in [-0.4, -0.2) is 27.6 Å².